The fraction of sp³-hybridized carbons (Fsp3) is 0.333. The Hall–Kier alpha value is -1.95. The molecule has 0 unspecified atom stereocenters. The fourth-order valence-corrected chi connectivity index (χ4v) is 1.54. The molecule has 0 saturated heterocycles. The maximum Gasteiger partial charge on any atom is 0.264 e. The molecule has 1 heterocycles. The van der Waals surface area contributed by atoms with Gasteiger partial charge in [-0.3, -0.25) is 0 Å². The lowest BCUT2D eigenvalue weighted by atomic mass is 10.1. The van der Waals surface area contributed by atoms with Crippen molar-refractivity contribution >= 4 is 0 Å². The predicted octanol–water partition coefficient (Wildman–Crippen LogP) is 2.12. The number of nitrogens with zero attached hydrogens (tertiary/aromatic N) is 2. The van der Waals surface area contributed by atoms with Crippen molar-refractivity contribution in [1.29, 1.82) is 0 Å². The third-order valence-electron chi connectivity index (χ3n) is 2.38. The van der Waals surface area contributed by atoms with Crippen molar-refractivity contribution in [2.75, 3.05) is 0 Å². The van der Waals surface area contributed by atoms with Gasteiger partial charge in [0, 0.05) is 11.6 Å². The number of rotatable bonds is 4. The maximum absolute atomic E-state index is 13.1. The van der Waals surface area contributed by atoms with E-state index in [2.05, 4.69) is 10.1 Å². The minimum atomic E-state index is -0.344. The minimum absolute atomic E-state index is 0.131. The summed E-state index contributed by atoms with van der Waals surface area (Å²) >= 11 is 0. The lowest BCUT2D eigenvalue weighted by Crippen LogP contribution is -2.08. The molecule has 96 valence electrons. The Kier molecular flexibility index (Phi) is 3.57. The molecule has 0 radical (unpaired) electrons. The summed E-state index contributed by atoms with van der Waals surface area (Å²) in [5.41, 5.74) is 6.36. The Morgan fingerprint density at radius 2 is 2.28 bits per heavy atom. The molecular formula is C12H14FN3O2. The predicted molar refractivity (Wildman–Crippen MR) is 62.4 cm³/mol. The summed E-state index contributed by atoms with van der Waals surface area (Å²) in [5.74, 6) is 1.08. The molecule has 2 N–H and O–H groups in total. The average molecular weight is 251 g/mol. The Morgan fingerprint density at radius 1 is 1.50 bits per heavy atom. The molecule has 0 amide bonds. The summed E-state index contributed by atoms with van der Waals surface area (Å²) in [6, 6.07) is 3.90. The number of hydrogen-bond donors (Lipinski definition) is 1. The Labute approximate surface area is 104 Å². The first-order valence-electron chi connectivity index (χ1n) is 5.53. The monoisotopic (exact) mass is 251 g/mol. The quantitative estimate of drug-likeness (QED) is 0.900. The molecule has 0 spiro atoms. The Morgan fingerprint density at radius 3 is 2.89 bits per heavy atom. The van der Waals surface area contributed by atoms with E-state index in [1.54, 1.807) is 13.8 Å². The summed E-state index contributed by atoms with van der Waals surface area (Å²) in [6.45, 7) is 3.61. The van der Waals surface area contributed by atoms with Gasteiger partial charge in [-0.25, -0.2) is 4.39 Å². The van der Waals surface area contributed by atoms with E-state index in [0.717, 1.165) is 0 Å². The van der Waals surface area contributed by atoms with Crippen molar-refractivity contribution in [3.63, 3.8) is 0 Å². The second kappa shape index (κ2) is 5.14. The third kappa shape index (κ3) is 2.84. The molecule has 1 aromatic carbocycles. The van der Waals surface area contributed by atoms with E-state index in [4.69, 9.17) is 15.0 Å². The second-order valence-corrected chi connectivity index (χ2v) is 3.99. The van der Waals surface area contributed by atoms with Crippen LogP contribution in [-0.2, 0) is 6.61 Å². The molecule has 0 saturated carbocycles. The summed E-state index contributed by atoms with van der Waals surface area (Å²) in [6.07, 6.45) is 0. The first-order chi connectivity index (χ1) is 8.56. The van der Waals surface area contributed by atoms with Crippen LogP contribution in [0.5, 0.6) is 5.75 Å². The van der Waals surface area contributed by atoms with Crippen LogP contribution in [0.25, 0.3) is 0 Å². The van der Waals surface area contributed by atoms with Crippen molar-refractivity contribution in [2.45, 2.75) is 26.5 Å². The SMILES string of the molecule is Cc1noc(COc2ccc(F)cc2[C@H](C)N)n1. The van der Waals surface area contributed by atoms with Crippen LogP contribution in [0, 0.1) is 12.7 Å². The van der Waals surface area contributed by atoms with Gasteiger partial charge in [0.25, 0.3) is 5.89 Å². The van der Waals surface area contributed by atoms with Crippen LogP contribution < -0.4 is 10.5 Å². The summed E-state index contributed by atoms with van der Waals surface area (Å²) in [5, 5.41) is 3.65. The van der Waals surface area contributed by atoms with Gasteiger partial charge in [-0.15, -0.1) is 0 Å². The van der Waals surface area contributed by atoms with Gasteiger partial charge in [0.1, 0.15) is 11.6 Å². The van der Waals surface area contributed by atoms with Gasteiger partial charge in [-0.2, -0.15) is 4.98 Å². The highest BCUT2D eigenvalue weighted by molar-refractivity contribution is 5.36. The Balaban J connectivity index is 2.13. The molecule has 0 aliphatic heterocycles. The minimum Gasteiger partial charge on any atom is -0.483 e. The molecule has 0 bridgehead atoms. The molecule has 2 aromatic rings. The molecule has 18 heavy (non-hydrogen) atoms. The molecule has 1 atom stereocenters. The van der Waals surface area contributed by atoms with Gasteiger partial charge in [-0.1, -0.05) is 5.16 Å². The molecule has 0 aliphatic rings. The van der Waals surface area contributed by atoms with Crippen LogP contribution >= 0.6 is 0 Å². The fourth-order valence-electron chi connectivity index (χ4n) is 1.54. The van der Waals surface area contributed by atoms with Gasteiger partial charge >= 0.3 is 0 Å². The van der Waals surface area contributed by atoms with E-state index < -0.39 is 0 Å². The lowest BCUT2D eigenvalue weighted by molar-refractivity contribution is 0.240. The van der Waals surface area contributed by atoms with E-state index in [9.17, 15) is 4.39 Å². The largest absolute Gasteiger partial charge is 0.483 e. The molecule has 0 aliphatic carbocycles. The highest BCUT2D eigenvalue weighted by Crippen LogP contribution is 2.25. The average Bonchev–Trinajstić information content (AvgIpc) is 2.73. The van der Waals surface area contributed by atoms with Gasteiger partial charge in [0.2, 0.25) is 0 Å². The highest BCUT2D eigenvalue weighted by Gasteiger charge is 2.11. The van der Waals surface area contributed by atoms with Crippen LogP contribution in [-0.4, -0.2) is 10.1 Å². The van der Waals surface area contributed by atoms with Crippen molar-refractivity contribution in [3.8, 4) is 5.75 Å². The first-order valence-corrected chi connectivity index (χ1v) is 5.53. The van der Waals surface area contributed by atoms with Crippen molar-refractivity contribution in [2.24, 2.45) is 5.73 Å². The van der Waals surface area contributed by atoms with E-state index >= 15 is 0 Å². The standard InChI is InChI=1S/C12H14FN3O2/c1-7(14)10-5-9(13)3-4-11(10)17-6-12-15-8(2)16-18-12/h3-5,7H,6,14H2,1-2H3/t7-/m0/s1. The molecule has 0 fully saturated rings. The number of ether oxygens (including phenoxy) is 1. The topological polar surface area (TPSA) is 74.2 Å². The number of aromatic nitrogens is 2. The van der Waals surface area contributed by atoms with Crippen molar-refractivity contribution < 1.29 is 13.7 Å². The van der Waals surface area contributed by atoms with Crippen molar-refractivity contribution in [1.82, 2.24) is 10.1 Å². The van der Waals surface area contributed by atoms with Crippen LogP contribution in [0.2, 0.25) is 0 Å². The number of benzene rings is 1. The smallest absolute Gasteiger partial charge is 0.264 e. The Bertz CT molecular complexity index is 540. The number of hydrogen-bond acceptors (Lipinski definition) is 5. The van der Waals surface area contributed by atoms with E-state index in [1.165, 1.54) is 18.2 Å². The third-order valence-corrected chi connectivity index (χ3v) is 2.38. The van der Waals surface area contributed by atoms with Gasteiger partial charge < -0.3 is 15.0 Å². The summed E-state index contributed by atoms with van der Waals surface area (Å²) in [7, 11) is 0. The van der Waals surface area contributed by atoms with E-state index in [-0.39, 0.29) is 18.5 Å². The van der Waals surface area contributed by atoms with Gasteiger partial charge in [0.05, 0.1) is 0 Å². The second-order valence-electron chi connectivity index (χ2n) is 3.99. The molecule has 2 rings (SSSR count). The van der Waals surface area contributed by atoms with Crippen LogP contribution in [0.1, 0.15) is 30.2 Å². The molecular weight excluding hydrogens is 237 g/mol. The molecule has 5 nitrogen and oxygen atoms in total. The zero-order valence-corrected chi connectivity index (χ0v) is 10.2. The number of nitrogens with two attached hydrogens (primary N) is 1. The van der Waals surface area contributed by atoms with Crippen LogP contribution in [0.3, 0.4) is 0 Å². The first kappa shape index (κ1) is 12.5. The van der Waals surface area contributed by atoms with Gasteiger partial charge in [-0.05, 0) is 32.0 Å². The molecule has 1 aromatic heterocycles. The highest BCUT2D eigenvalue weighted by atomic mass is 19.1. The zero-order valence-electron chi connectivity index (χ0n) is 10.2. The molecule has 6 heteroatoms. The summed E-state index contributed by atoms with van der Waals surface area (Å²) in [4.78, 5) is 4.01. The lowest BCUT2D eigenvalue weighted by Gasteiger charge is -2.12. The number of aryl methyl sites for hydroxylation is 1. The van der Waals surface area contributed by atoms with Crippen molar-refractivity contribution in [3.05, 3.63) is 41.3 Å². The normalized spacial score (nSPS) is 12.4. The van der Waals surface area contributed by atoms with Gasteiger partial charge in [0.15, 0.2) is 12.4 Å². The van der Waals surface area contributed by atoms with E-state index in [1.807, 2.05) is 0 Å². The van der Waals surface area contributed by atoms with E-state index in [0.29, 0.717) is 23.0 Å². The van der Waals surface area contributed by atoms with Crippen LogP contribution in [0.4, 0.5) is 4.39 Å². The zero-order chi connectivity index (χ0) is 13.1. The van der Waals surface area contributed by atoms with Crippen LogP contribution in [0.15, 0.2) is 22.7 Å². The summed E-state index contributed by atoms with van der Waals surface area (Å²) < 4.78 is 23.6. The number of halogens is 1. The maximum atomic E-state index is 13.1.